The number of carbonyl (C=O) groups is 1. The first-order valence-corrected chi connectivity index (χ1v) is 12.9. The zero-order valence-electron chi connectivity index (χ0n) is 18.0. The Morgan fingerprint density at radius 3 is 2.42 bits per heavy atom. The molecule has 1 unspecified atom stereocenters. The second-order valence-corrected chi connectivity index (χ2v) is 10.7. The smallest absolute Gasteiger partial charge is 0.231 e. The maximum atomic E-state index is 13.5. The zero-order chi connectivity index (χ0) is 21.9. The van der Waals surface area contributed by atoms with Crippen molar-refractivity contribution in [1.29, 1.82) is 0 Å². The van der Waals surface area contributed by atoms with Crippen LogP contribution in [0.4, 0.5) is 0 Å². The monoisotopic (exact) mass is 441 g/mol. The molecule has 1 saturated heterocycles. The average molecular weight is 442 g/mol. The van der Waals surface area contributed by atoms with Gasteiger partial charge in [-0.05, 0) is 55.5 Å². The molecule has 1 atom stereocenters. The lowest BCUT2D eigenvalue weighted by atomic mass is 9.92. The van der Waals surface area contributed by atoms with Crippen molar-refractivity contribution in [3.8, 4) is 0 Å². The fourth-order valence-electron chi connectivity index (χ4n) is 4.40. The highest BCUT2D eigenvalue weighted by atomic mass is 32.2. The summed E-state index contributed by atoms with van der Waals surface area (Å²) in [5.41, 5.74) is 2.44. The van der Waals surface area contributed by atoms with E-state index in [9.17, 15) is 13.2 Å². The third-order valence-electron chi connectivity index (χ3n) is 6.35. The first-order chi connectivity index (χ1) is 14.9. The summed E-state index contributed by atoms with van der Waals surface area (Å²) in [6.07, 6.45) is 5.21. The Balaban J connectivity index is 1.50. The lowest BCUT2D eigenvalue weighted by Gasteiger charge is -2.27. The van der Waals surface area contributed by atoms with Crippen LogP contribution in [0.2, 0.25) is 0 Å². The SMILES string of the molecule is CS(=O)(=O)NCc1cccc(C2(C(=O)NC(CN3CCCC3)c3ccccc3)CC2)c1. The molecule has 0 radical (unpaired) electrons. The summed E-state index contributed by atoms with van der Waals surface area (Å²) in [6, 6.07) is 17.9. The average Bonchev–Trinajstić information content (AvgIpc) is 3.42. The molecule has 2 aromatic carbocycles. The molecule has 31 heavy (non-hydrogen) atoms. The molecule has 4 rings (SSSR count). The quantitative estimate of drug-likeness (QED) is 0.627. The van der Waals surface area contributed by atoms with Crippen molar-refractivity contribution in [2.45, 2.75) is 43.7 Å². The van der Waals surface area contributed by atoms with Crippen LogP contribution < -0.4 is 10.0 Å². The zero-order valence-corrected chi connectivity index (χ0v) is 18.8. The Morgan fingerprint density at radius 2 is 1.77 bits per heavy atom. The van der Waals surface area contributed by atoms with E-state index < -0.39 is 15.4 Å². The Hall–Kier alpha value is -2.22. The van der Waals surface area contributed by atoms with Crippen LogP contribution in [0.15, 0.2) is 54.6 Å². The van der Waals surface area contributed by atoms with Gasteiger partial charge in [0.05, 0.1) is 17.7 Å². The van der Waals surface area contributed by atoms with Gasteiger partial charge in [-0.25, -0.2) is 13.1 Å². The molecule has 0 spiro atoms. The molecule has 2 aliphatic rings. The number of amides is 1. The van der Waals surface area contributed by atoms with Crippen LogP contribution in [-0.4, -0.2) is 45.1 Å². The molecular weight excluding hydrogens is 410 g/mol. The number of carbonyl (C=O) groups excluding carboxylic acids is 1. The number of nitrogens with one attached hydrogen (secondary N) is 2. The molecule has 1 aliphatic heterocycles. The molecule has 1 amide bonds. The molecule has 0 bridgehead atoms. The van der Waals surface area contributed by atoms with Gasteiger partial charge in [-0.1, -0.05) is 54.6 Å². The highest BCUT2D eigenvalue weighted by Crippen LogP contribution is 2.49. The van der Waals surface area contributed by atoms with Gasteiger partial charge in [0, 0.05) is 13.1 Å². The fraction of sp³-hybridized carbons (Fsp3) is 0.458. The molecule has 1 heterocycles. The number of likely N-dealkylation sites (tertiary alicyclic amines) is 1. The minimum atomic E-state index is -3.26. The largest absolute Gasteiger partial charge is 0.347 e. The minimum absolute atomic E-state index is 0.0423. The Labute approximate surface area is 185 Å². The molecule has 0 aromatic heterocycles. The van der Waals surface area contributed by atoms with Crippen LogP contribution in [0.3, 0.4) is 0 Å². The van der Waals surface area contributed by atoms with E-state index in [2.05, 4.69) is 27.1 Å². The van der Waals surface area contributed by atoms with Crippen molar-refractivity contribution in [3.63, 3.8) is 0 Å². The van der Waals surface area contributed by atoms with E-state index in [1.807, 2.05) is 42.5 Å². The number of hydrogen-bond donors (Lipinski definition) is 2. The molecule has 2 aromatic rings. The first-order valence-electron chi connectivity index (χ1n) is 11.0. The van der Waals surface area contributed by atoms with Crippen molar-refractivity contribution >= 4 is 15.9 Å². The van der Waals surface area contributed by atoms with Crippen LogP contribution >= 0.6 is 0 Å². The molecule has 166 valence electrons. The van der Waals surface area contributed by atoms with Crippen LogP contribution in [-0.2, 0) is 26.8 Å². The lowest BCUT2D eigenvalue weighted by molar-refractivity contribution is -0.124. The van der Waals surface area contributed by atoms with Gasteiger partial charge in [0.2, 0.25) is 15.9 Å². The summed E-state index contributed by atoms with van der Waals surface area (Å²) < 4.78 is 25.4. The van der Waals surface area contributed by atoms with E-state index in [4.69, 9.17) is 0 Å². The molecule has 1 saturated carbocycles. The highest BCUT2D eigenvalue weighted by molar-refractivity contribution is 7.88. The lowest BCUT2D eigenvalue weighted by Crippen LogP contribution is -2.42. The summed E-state index contributed by atoms with van der Waals surface area (Å²) in [7, 11) is -3.26. The number of benzene rings is 2. The van der Waals surface area contributed by atoms with Crippen molar-refractivity contribution in [1.82, 2.24) is 14.9 Å². The van der Waals surface area contributed by atoms with Crippen LogP contribution in [0.5, 0.6) is 0 Å². The predicted molar refractivity (Wildman–Crippen MR) is 122 cm³/mol. The van der Waals surface area contributed by atoms with Crippen molar-refractivity contribution in [3.05, 3.63) is 71.3 Å². The van der Waals surface area contributed by atoms with E-state index in [1.165, 1.54) is 12.8 Å². The predicted octanol–water partition coefficient (Wildman–Crippen LogP) is 2.72. The van der Waals surface area contributed by atoms with Gasteiger partial charge in [0.25, 0.3) is 0 Å². The van der Waals surface area contributed by atoms with Gasteiger partial charge in [-0.2, -0.15) is 0 Å². The normalized spacial score (nSPS) is 19.1. The first kappa shape index (κ1) is 22.0. The summed E-state index contributed by atoms with van der Waals surface area (Å²) in [5.74, 6) is 0.0637. The second kappa shape index (κ2) is 9.10. The summed E-state index contributed by atoms with van der Waals surface area (Å²) >= 11 is 0. The van der Waals surface area contributed by atoms with E-state index >= 15 is 0 Å². The van der Waals surface area contributed by atoms with Gasteiger partial charge in [0.1, 0.15) is 0 Å². The van der Waals surface area contributed by atoms with Crippen LogP contribution in [0.25, 0.3) is 0 Å². The topological polar surface area (TPSA) is 78.5 Å². The Kier molecular flexibility index (Phi) is 6.46. The second-order valence-electron chi connectivity index (χ2n) is 8.82. The van der Waals surface area contributed by atoms with Crippen molar-refractivity contribution in [2.24, 2.45) is 0 Å². The molecule has 1 aliphatic carbocycles. The summed E-state index contributed by atoms with van der Waals surface area (Å²) in [5, 5.41) is 3.35. The molecule has 2 fully saturated rings. The van der Waals surface area contributed by atoms with Gasteiger partial charge in [-0.15, -0.1) is 0 Å². The van der Waals surface area contributed by atoms with Gasteiger partial charge >= 0.3 is 0 Å². The maximum absolute atomic E-state index is 13.5. The standard InChI is InChI=1S/C24H31N3O3S/c1-31(29,30)25-17-19-8-7-11-21(16-19)24(12-13-24)23(28)26-22(18-27-14-5-6-15-27)20-9-3-2-4-10-20/h2-4,7-11,16,22,25H,5-6,12-15,17-18H2,1H3,(H,26,28). The van der Waals surface area contributed by atoms with Crippen molar-refractivity contribution < 1.29 is 13.2 Å². The van der Waals surface area contributed by atoms with E-state index in [0.717, 1.165) is 55.4 Å². The molecule has 2 N–H and O–H groups in total. The maximum Gasteiger partial charge on any atom is 0.231 e. The van der Waals surface area contributed by atoms with Gasteiger partial charge < -0.3 is 10.2 Å². The Bertz CT molecular complexity index is 1010. The van der Waals surface area contributed by atoms with Crippen LogP contribution in [0.1, 0.15) is 48.4 Å². The van der Waals surface area contributed by atoms with E-state index in [0.29, 0.717) is 0 Å². The van der Waals surface area contributed by atoms with Gasteiger partial charge in [-0.3, -0.25) is 4.79 Å². The summed E-state index contributed by atoms with van der Waals surface area (Å²) in [4.78, 5) is 15.9. The third kappa shape index (κ3) is 5.53. The van der Waals surface area contributed by atoms with E-state index in [1.54, 1.807) is 0 Å². The van der Waals surface area contributed by atoms with Crippen LogP contribution in [0, 0.1) is 0 Å². The number of sulfonamides is 1. The Morgan fingerprint density at radius 1 is 1.06 bits per heavy atom. The third-order valence-corrected chi connectivity index (χ3v) is 7.02. The van der Waals surface area contributed by atoms with Crippen molar-refractivity contribution in [2.75, 3.05) is 25.9 Å². The van der Waals surface area contributed by atoms with Gasteiger partial charge in [0.15, 0.2) is 0 Å². The fourth-order valence-corrected chi connectivity index (χ4v) is 4.83. The number of nitrogens with zero attached hydrogens (tertiary/aromatic N) is 1. The number of rotatable bonds is 9. The highest BCUT2D eigenvalue weighted by Gasteiger charge is 2.51. The molecule has 6 nitrogen and oxygen atoms in total. The molecule has 7 heteroatoms. The minimum Gasteiger partial charge on any atom is -0.347 e. The van der Waals surface area contributed by atoms with E-state index in [-0.39, 0.29) is 18.5 Å². The molecular formula is C24H31N3O3S. The summed E-state index contributed by atoms with van der Waals surface area (Å²) in [6.45, 7) is 3.22. The number of hydrogen-bond acceptors (Lipinski definition) is 4.